The molecule has 1 heterocycles. The monoisotopic (exact) mass is 226 g/mol. The SMILES string of the molecule is CCOC1CC(CC(NN)C2=CCCO2)C1. The third-order valence-corrected chi connectivity index (χ3v) is 3.44. The molecule has 92 valence electrons. The normalized spacial score (nSPS) is 30.5. The minimum Gasteiger partial charge on any atom is -0.496 e. The summed E-state index contributed by atoms with van der Waals surface area (Å²) in [6.45, 7) is 3.68. The van der Waals surface area contributed by atoms with Crippen LogP contribution >= 0.6 is 0 Å². The fourth-order valence-electron chi connectivity index (χ4n) is 2.52. The van der Waals surface area contributed by atoms with Gasteiger partial charge in [0.25, 0.3) is 0 Å². The highest BCUT2D eigenvalue weighted by molar-refractivity contribution is 5.07. The molecule has 4 nitrogen and oxygen atoms in total. The first-order valence-electron chi connectivity index (χ1n) is 6.24. The molecule has 0 aromatic carbocycles. The minimum atomic E-state index is 0.190. The molecule has 1 unspecified atom stereocenters. The highest BCUT2D eigenvalue weighted by atomic mass is 16.5. The standard InChI is InChI=1S/C12H22N2O2/c1-2-15-10-6-9(7-10)8-11(14-13)12-4-3-5-16-12/h4,9-11,14H,2-3,5-8,13H2,1H3. The second-order valence-corrected chi connectivity index (χ2v) is 4.61. The Morgan fingerprint density at radius 3 is 3.00 bits per heavy atom. The van der Waals surface area contributed by atoms with Crippen molar-refractivity contribution in [2.24, 2.45) is 11.8 Å². The molecule has 1 atom stereocenters. The summed E-state index contributed by atoms with van der Waals surface area (Å²) >= 11 is 0. The lowest BCUT2D eigenvalue weighted by Crippen LogP contribution is -2.42. The first-order valence-corrected chi connectivity index (χ1v) is 6.24. The lowest BCUT2D eigenvalue weighted by Gasteiger charge is -2.36. The van der Waals surface area contributed by atoms with Crippen LogP contribution in [-0.4, -0.2) is 25.4 Å². The molecule has 1 aliphatic heterocycles. The fraction of sp³-hybridized carbons (Fsp3) is 0.833. The summed E-state index contributed by atoms with van der Waals surface area (Å²) in [5, 5.41) is 0. The van der Waals surface area contributed by atoms with E-state index in [1.165, 1.54) is 12.8 Å². The van der Waals surface area contributed by atoms with Crippen molar-refractivity contribution >= 4 is 0 Å². The van der Waals surface area contributed by atoms with E-state index < -0.39 is 0 Å². The highest BCUT2D eigenvalue weighted by Gasteiger charge is 2.32. The zero-order valence-electron chi connectivity index (χ0n) is 9.95. The zero-order chi connectivity index (χ0) is 11.4. The zero-order valence-corrected chi connectivity index (χ0v) is 9.95. The number of hydrogen-bond acceptors (Lipinski definition) is 4. The molecule has 0 radical (unpaired) electrons. The van der Waals surface area contributed by atoms with Crippen molar-refractivity contribution in [1.82, 2.24) is 5.43 Å². The van der Waals surface area contributed by atoms with Crippen LogP contribution in [0.2, 0.25) is 0 Å². The predicted octanol–water partition coefficient (Wildman–Crippen LogP) is 1.33. The smallest absolute Gasteiger partial charge is 0.110 e. The molecule has 3 N–H and O–H groups in total. The van der Waals surface area contributed by atoms with E-state index in [1.54, 1.807) is 0 Å². The van der Waals surface area contributed by atoms with E-state index in [-0.39, 0.29) is 6.04 Å². The van der Waals surface area contributed by atoms with Gasteiger partial charge in [0.2, 0.25) is 0 Å². The summed E-state index contributed by atoms with van der Waals surface area (Å²) in [4.78, 5) is 0. The van der Waals surface area contributed by atoms with Crippen LogP contribution in [0.5, 0.6) is 0 Å². The fourth-order valence-corrected chi connectivity index (χ4v) is 2.52. The van der Waals surface area contributed by atoms with Gasteiger partial charge >= 0.3 is 0 Å². The van der Waals surface area contributed by atoms with Crippen molar-refractivity contribution in [1.29, 1.82) is 0 Å². The van der Waals surface area contributed by atoms with Crippen LogP contribution in [0, 0.1) is 5.92 Å². The lowest BCUT2D eigenvalue weighted by molar-refractivity contribution is -0.0293. The van der Waals surface area contributed by atoms with E-state index in [1.807, 2.05) is 0 Å². The second kappa shape index (κ2) is 5.66. The first-order chi connectivity index (χ1) is 7.83. The van der Waals surface area contributed by atoms with Gasteiger partial charge in [-0.25, -0.2) is 5.43 Å². The Bertz CT molecular complexity index is 249. The molecule has 2 aliphatic rings. The molecule has 4 heteroatoms. The Hall–Kier alpha value is -0.580. The Morgan fingerprint density at radius 1 is 1.62 bits per heavy atom. The van der Waals surface area contributed by atoms with Gasteiger partial charge in [-0.3, -0.25) is 5.84 Å². The van der Waals surface area contributed by atoms with Crippen molar-refractivity contribution in [3.05, 3.63) is 11.8 Å². The molecule has 0 aromatic rings. The van der Waals surface area contributed by atoms with Gasteiger partial charge in [-0.1, -0.05) is 0 Å². The van der Waals surface area contributed by atoms with E-state index in [0.717, 1.165) is 37.7 Å². The largest absolute Gasteiger partial charge is 0.496 e. The van der Waals surface area contributed by atoms with Crippen molar-refractivity contribution < 1.29 is 9.47 Å². The molecule has 1 aliphatic carbocycles. The average molecular weight is 226 g/mol. The van der Waals surface area contributed by atoms with Crippen LogP contribution in [0.3, 0.4) is 0 Å². The van der Waals surface area contributed by atoms with E-state index in [0.29, 0.717) is 6.10 Å². The quantitative estimate of drug-likeness (QED) is 0.530. The van der Waals surface area contributed by atoms with Gasteiger partial charge in [0.15, 0.2) is 0 Å². The Balaban J connectivity index is 1.72. The molecular weight excluding hydrogens is 204 g/mol. The van der Waals surface area contributed by atoms with Crippen molar-refractivity contribution in [3.8, 4) is 0 Å². The molecule has 0 saturated heterocycles. The lowest BCUT2D eigenvalue weighted by atomic mass is 9.78. The van der Waals surface area contributed by atoms with E-state index >= 15 is 0 Å². The maximum atomic E-state index is 5.57. The summed E-state index contributed by atoms with van der Waals surface area (Å²) in [6, 6.07) is 0.190. The number of rotatable bonds is 6. The van der Waals surface area contributed by atoms with Crippen LogP contribution in [-0.2, 0) is 9.47 Å². The summed E-state index contributed by atoms with van der Waals surface area (Å²) in [7, 11) is 0. The molecule has 16 heavy (non-hydrogen) atoms. The number of hydrazine groups is 1. The average Bonchev–Trinajstić information content (AvgIpc) is 2.74. The third kappa shape index (κ3) is 2.75. The molecule has 0 aromatic heterocycles. The Morgan fingerprint density at radius 2 is 2.44 bits per heavy atom. The van der Waals surface area contributed by atoms with Crippen LogP contribution in [0.25, 0.3) is 0 Å². The third-order valence-electron chi connectivity index (χ3n) is 3.44. The Kier molecular flexibility index (Phi) is 4.21. The van der Waals surface area contributed by atoms with Crippen molar-refractivity contribution in [2.75, 3.05) is 13.2 Å². The molecule has 2 rings (SSSR count). The van der Waals surface area contributed by atoms with Gasteiger partial charge in [-0.05, 0) is 38.2 Å². The Labute approximate surface area is 97.1 Å². The molecule has 1 saturated carbocycles. The number of nitrogens with one attached hydrogen (secondary N) is 1. The van der Waals surface area contributed by atoms with Gasteiger partial charge in [0.1, 0.15) is 5.76 Å². The maximum Gasteiger partial charge on any atom is 0.110 e. The van der Waals surface area contributed by atoms with Gasteiger partial charge in [-0.15, -0.1) is 0 Å². The minimum absolute atomic E-state index is 0.190. The summed E-state index contributed by atoms with van der Waals surface area (Å²) in [5.74, 6) is 7.33. The van der Waals surface area contributed by atoms with Gasteiger partial charge in [0, 0.05) is 13.0 Å². The molecular formula is C12H22N2O2. The maximum absolute atomic E-state index is 5.57. The van der Waals surface area contributed by atoms with Crippen LogP contribution in [0.4, 0.5) is 0 Å². The first kappa shape index (κ1) is 11.9. The highest BCUT2D eigenvalue weighted by Crippen LogP contribution is 2.35. The molecule has 0 spiro atoms. The molecule has 0 bridgehead atoms. The molecule has 0 amide bonds. The molecule has 1 fully saturated rings. The van der Waals surface area contributed by atoms with Crippen LogP contribution in [0.1, 0.15) is 32.6 Å². The van der Waals surface area contributed by atoms with Crippen LogP contribution in [0.15, 0.2) is 11.8 Å². The van der Waals surface area contributed by atoms with Gasteiger partial charge in [-0.2, -0.15) is 0 Å². The summed E-state index contributed by atoms with van der Waals surface area (Å²) in [5.41, 5.74) is 2.86. The van der Waals surface area contributed by atoms with Crippen molar-refractivity contribution in [2.45, 2.75) is 44.8 Å². The topological polar surface area (TPSA) is 56.5 Å². The van der Waals surface area contributed by atoms with Crippen molar-refractivity contribution in [3.63, 3.8) is 0 Å². The van der Waals surface area contributed by atoms with Gasteiger partial charge < -0.3 is 9.47 Å². The van der Waals surface area contributed by atoms with Gasteiger partial charge in [0.05, 0.1) is 18.8 Å². The van der Waals surface area contributed by atoms with E-state index in [9.17, 15) is 0 Å². The van der Waals surface area contributed by atoms with E-state index in [4.69, 9.17) is 15.3 Å². The summed E-state index contributed by atoms with van der Waals surface area (Å²) < 4.78 is 11.1. The van der Waals surface area contributed by atoms with Crippen LogP contribution < -0.4 is 11.3 Å². The predicted molar refractivity (Wildman–Crippen MR) is 62.5 cm³/mol. The summed E-state index contributed by atoms with van der Waals surface area (Å²) in [6.07, 6.45) is 7.03. The number of nitrogens with two attached hydrogens (primary N) is 1. The van der Waals surface area contributed by atoms with E-state index in [2.05, 4.69) is 18.4 Å². The second-order valence-electron chi connectivity index (χ2n) is 4.61. The number of ether oxygens (including phenoxy) is 2. The number of hydrogen-bond donors (Lipinski definition) is 2.